The van der Waals surface area contributed by atoms with Gasteiger partial charge < -0.3 is 24.5 Å². The van der Waals surface area contributed by atoms with Crippen molar-refractivity contribution < 1.29 is 19.1 Å². The summed E-state index contributed by atoms with van der Waals surface area (Å²) in [5.74, 6) is 0.808. The van der Waals surface area contributed by atoms with E-state index in [9.17, 15) is 9.90 Å². The molecule has 37 heavy (non-hydrogen) atoms. The number of aromatic carboxylic acids is 1. The van der Waals surface area contributed by atoms with E-state index in [1.165, 1.54) is 12.1 Å². The Balaban J connectivity index is 1.57. The molecule has 2 N–H and O–H groups in total. The Hall–Kier alpha value is -3.88. The highest BCUT2D eigenvalue weighted by Crippen LogP contribution is 2.43. The molecule has 0 bridgehead atoms. The number of pyridine rings is 1. The number of hydrogen-bond acceptors (Lipinski definition) is 5. The fourth-order valence-corrected chi connectivity index (χ4v) is 4.94. The molecule has 7 nitrogen and oxygen atoms in total. The van der Waals surface area contributed by atoms with Gasteiger partial charge in [0.25, 0.3) is 0 Å². The van der Waals surface area contributed by atoms with Crippen molar-refractivity contribution in [2.24, 2.45) is 0 Å². The summed E-state index contributed by atoms with van der Waals surface area (Å²) in [5.41, 5.74) is 2.29. The van der Waals surface area contributed by atoms with Gasteiger partial charge in [-0.1, -0.05) is 17.7 Å². The van der Waals surface area contributed by atoms with Crippen LogP contribution in [0.25, 0.3) is 11.3 Å². The van der Waals surface area contributed by atoms with Crippen LogP contribution >= 0.6 is 23.8 Å². The second kappa shape index (κ2) is 10.2. The van der Waals surface area contributed by atoms with Gasteiger partial charge in [-0.15, -0.1) is 0 Å². The zero-order chi connectivity index (χ0) is 26.1. The summed E-state index contributed by atoms with van der Waals surface area (Å²) in [4.78, 5) is 18.1. The van der Waals surface area contributed by atoms with Gasteiger partial charge in [-0.25, -0.2) is 4.79 Å². The maximum atomic E-state index is 11.5. The molecule has 2 aromatic heterocycles. The first-order valence-corrected chi connectivity index (χ1v) is 12.5. The van der Waals surface area contributed by atoms with Crippen molar-refractivity contribution in [2.45, 2.75) is 32.0 Å². The summed E-state index contributed by atoms with van der Waals surface area (Å²) in [6.45, 7) is 3.96. The molecule has 2 atom stereocenters. The van der Waals surface area contributed by atoms with Crippen molar-refractivity contribution in [3.63, 3.8) is 0 Å². The summed E-state index contributed by atoms with van der Waals surface area (Å²) in [6, 6.07) is 21.0. The first-order valence-electron chi connectivity index (χ1n) is 11.7. The van der Waals surface area contributed by atoms with E-state index < -0.39 is 5.97 Å². The highest BCUT2D eigenvalue weighted by atomic mass is 35.5. The van der Waals surface area contributed by atoms with Gasteiger partial charge in [-0.2, -0.15) is 0 Å². The zero-order valence-corrected chi connectivity index (χ0v) is 21.7. The lowest BCUT2D eigenvalue weighted by Crippen LogP contribution is -2.29. The molecule has 0 spiro atoms. The number of carboxylic acid groups (broad SMARTS) is 1. The number of rotatable bonds is 7. The molecule has 5 rings (SSSR count). The largest absolute Gasteiger partial charge is 0.491 e. The van der Waals surface area contributed by atoms with Crippen LogP contribution in [0.2, 0.25) is 5.02 Å². The monoisotopic (exact) mass is 533 g/mol. The lowest BCUT2D eigenvalue weighted by atomic mass is 10.0. The molecule has 0 aliphatic carbocycles. The van der Waals surface area contributed by atoms with E-state index in [0.29, 0.717) is 27.2 Å². The molecule has 0 radical (unpaired) electrons. The molecule has 1 aliphatic rings. The molecule has 9 heteroatoms. The lowest BCUT2D eigenvalue weighted by molar-refractivity contribution is 0.0697. The normalized spacial score (nSPS) is 17.2. The summed E-state index contributed by atoms with van der Waals surface area (Å²) in [6.07, 6.45) is 1.80. The number of hydrogen-bond donors (Lipinski definition) is 2. The smallest absolute Gasteiger partial charge is 0.335 e. The Morgan fingerprint density at radius 2 is 1.92 bits per heavy atom. The van der Waals surface area contributed by atoms with Crippen molar-refractivity contribution in [2.75, 3.05) is 4.90 Å². The van der Waals surface area contributed by atoms with Crippen LogP contribution in [0.3, 0.4) is 0 Å². The van der Waals surface area contributed by atoms with Crippen LogP contribution in [0.4, 0.5) is 5.69 Å². The number of halogens is 1. The fourth-order valence-electron chi connectivity index (χ4n) is 4.38. The van der Waals surface area contributed by atoms with Crippen molar-refractivity contribution >= 4 is 40.6 Å². The SMILES string of the molecule is CC(C)Oc1ccc(N2C(=S)N[C@H](c3ccccn3)[C@H]2c2ccc(-c3cc(C(=O)O)ccc3Cl)o2)cc1. The summed E-state index contributed by atoms with van der Waals surface area (Å²) < 4.78 is 12.1. The van der Waals surface area contributed by atoms with Gasteiger partial charge >= 0.3 is 5.97 Å². The molecule has 1 aliphatic heterocycles. The Bertz CT molecular complexity index is 1440. The van der Waals surface area contributed by atoms with Gasteiger partial charge in [0.2, 0.25) is 0 Å². The summed E-state index contributed by atoms with van der Waals surface area (Å²) in [7, 11) is 0. The van der Waals surface area contributed by atoms with E-state index in [2.05, 4.69) is 10.3 Å². The number of ether oxygens (including phenoxy) is 1. The van der Waals surface area contributed by atoms with Gasteiger partial charge in [0.1, 0.15) is 23.3 Å². The van der Waals surface area contributed by atoms with E-state index in [1.54, 1.807) is 18.3 Å². The van der Waals surface area contributed by atoms with Crippen molar-refractivity contribution in [1.29, 1.82) is 0 Å². The molecule has 4 aromatic rings. The minimum Gasteiger partial charge on any atom is -0.491 e. The highest BCUT2D eigenvalue weighted by Gasteiger charge is 2.42. The number of nitrogens with one attached hydrogen (secondary N) is 1. The highest BCUT2D eigenvalue weighted by molar-refractivity contribution is 7.80. The Morgan fingerprint density at radius 3 is 2.59 bits per heavy atom. The molecule has 3 heterocycles. The number of nitrogens with zero attached hydrogens (tertiary/aromatic N) is 2. The number of thiocarbonyl (C=S) groups is 1. The van der Waals surface area contributed by atoms with Gasteiger partial charge in [0.15, 0.2) is 5.11 Å². The van der Waals surface area contributed by atoms with Crippen LogP contribution in [0.1, 0.15) is 47.7 Å². The number of carbonyl (C=O) groups is 1. The quantitative estimate of drug-likeness (QED) is 0.255. The summed E-state index contributed by atoms with van der Waals surface area (Å²) >= 11 is 12.2. The summed E-state index contributed by atoms with van der Waals surface area (Å²) in [5, 5.41) is 13.7. The predicted molar refractivity (Wildman–Crippen MR) is 146 cm³/mol. The van der Waals surface area contributed by atoms with Crippen LogP contribution < -0.4 is 15.0 Å². The molecule has 0 amide bonds. The molecule has 2 aromatic carbocycles. The standard InChI is InChI=1S/C28H24ClN3O4S/c1-16(2)35-19-9-7-18(8-10-19)32-26(25(31-28(32)37)22-5-3-4-14-30-22)24-13-12-23(36-24)20-15-17(27(33)34)6-11-21(20)29/h3-16,25-26H,1-2H3,(H,31,37)(H,33,34)/t25-,26-/m1/s1. The predicted octanol–water partition coefficient (Wildman–Crippen LogP) is 6.66. The van der Waals surface area contributed by atoms with Crippen molar-refractivity contribution in [3.8, 4) is 17.1 Å². The molecule has 0 saturated carbocycles. The average Bonchev–Trinajstić information content (AvgIpc) is 3.49. The van der Waals surface area contributed by atoms with E-state index in [1.807, 2.05) is 67.3 Å². The molecule has 0 unspecified atom stereocenters. The third-order valence-corrected chi connectivity index (χ3v) is 6.63. The van der Waals surface area contributed by atoms with Crippen LogP contribution in [0.5, 0.6) is 5.75 Å². The van der Waals surface area contributed by atoms with Crippen LogP contribution in [0, 0.1) is 0 Å². The minimum absolute atomic E-state index is 0.0645. The van der Waals surface area contributed by atoms with Crippen LogP contribution in [0.15, 0.2) is 83.4 Å². The Morgan fingerprint density at radius 1 is 1.14 bits per heavy atom. The number of carboxylic acids is 1. The third-order valence-electron chi connectivity index (χ3n) is 5.98. The second-order valence-corrected chi connectivity index (χ2v) is 9.65. The first-order chi connectivity index (χ1) is 17.8. The van der Waals surface area contributed by atoms with E-state index in [-0.39, 0.29) is 23.8 Å². The lowest BCUT2D eigenvalue weighted by Gasteiger charge is -2.26. The van der Waals surface area contributed by atoms with Crippen LogP contribution in [-0.2, 0) is 0 Å². The van der Waals surface area contributed by atoms with Crippen molar-refractivity contribution in [1.82, 2.24) is 10.3 Å². The zero-order valence-electron chi connectivity index (χ0n) is 20.1. The van der Waals surface area contributed by atoms with Gasteiger partial charge in [0.05, 0.1) is 28.4 Å². The van der Waals surface area contributed by atoms with E-state index >= 15 is 0 Å². The van der Waals surface area contributed by atoms with Gasteiger partial charge in [-0.3, -0.25) is 4.98 Å². The van der Waals surface area contributed by atoms with Crippen molar-refractivity contribution in [3.05, 3.63) is 101 Å². The number of benzene rings is 2. The minimum atomic E-state index is -1.04. The van der Waals surface area contributed by atoms with Gasteiger partial charge in [-0.05, 0) is 92.8 Å². The Kier molecular flexibility index (Phi) is 6.86. The van der Waals surface area contributed by atoms with Crippen LogP contribution in [-0.4, -0.2) is 27.3 Å². The maximum absolute atomic E-state index is 11.5. The molecular weight excluding hydrogens is 510 g/mol. The second-order valence-electron chi connectivity index (χ2n) is 8.86. The maximum Gasteiger partial charge on any atom is 0.335 e. The number of aromatic nitrogens is 1. The van der Waals surface area contributed by atoms with Gasteiger partial charge in [0, 0.05) is 17.4 Å². The average molecular weight is 534 g/mol. The van der Waals surface area contributed by atoms with E-state index in [0.717, 1.165) is 17.1 Å². The molecular formula is C28H24ClN3O4S. The Labute approximate surface area is 224 Å². The molecule has 1 saturated heterocycles. The first kappa shape index (κ1) is 24.8. The van der Waals surface area contributed by atoms with E-state index in [4.69, 9.17) is 33.0 Å². The number of furan rings is 1. The molecule has 188 valence electrons. The molecule has 1 fully saturated rings. The third kappa shape index (κ3) is 5.03. The fraction of sp³-hybridized carbons (Fsp3) is 0.179. The number of anilines is 1. The topological polar surface area (TPSA) is 87.8 Å².